The Balaban J connectivity index is 2.10. The van der Waals surface area contributed by atoms with Gasteiger partial charge in [0.25, 0.3) is 0 Å². The molecule has 1 N–H and O–H groups in total. The lowest BCUT2D eigenvalue weighted by Crippen LogP contribution is -3.12. The number of methoxy groups -OCH3 is 2. The molecule has 1 fully saturated rings. The smallest absolute Gasteiger partial charge is 0.231 e. The first kappa shape index (κ1) is 20.0. The van der Waals surface area contributed by atoms with Gasteiger partial charge in [0.1, 0.15) is 18.0 Å². The number of amides is 1. The summed E-state index contributed by atoms with van der Waals surface area (Å²) in [5.74, 6) is 2.05. The van der Waals surface area contributed by atoms with Gasteiger partial charge in [0, 0.05) is 24.7 Å². The van der Waals surface area contributed by atoms with E-state index in [1.54, 1.807) is 14.2 Å². The predicted octanol–water partition coefficient (Wildman–Crippen LogP) is 2.13. The molecule has 1 unspecified atom stereocenters. The number of nitrogens with one attached hydrogen (secondary N) is 1. The Labute approximate surface area is 159 Å². The summed E-state index contributed by atoms with van der Waals surface area (Å²) in [6, 6.07) is 3.99. The van der Waals surface area contributed by atoms with E-state index in [0.29, 0.717) is 5.91 Å². The second-order valence-electron chi connectivity index (χ2n) is 6.53. The first-order valence-electron chi connectivity index (χ1n) is 9.06. The molecule has 1 aromatic carbocycles. The molecule has 140 valence electrons. The van der Waals surface area contributed by atoms with Crippen LogP contribution < -0.4 is 14.4 Å². The normalized spacial score (nSPS) is 20.2. The van der Waals surface area contributed by atoms with Gasteiger partial charge in [-0.25, -0.2) is 0 Å². The van der Waals surface area contributed by atoms with Crippen molar-refractivity contribution >= 4 is 21.8 Å². The van der Waals surface area contributed by atoms with E-state index in [9.17, 15) is 4.79 Å². The summed E-state index contributed by atoms with van der Waals surface area (Å²) in [6.07, 6.45) is 2.09. The summed E-state index contributed by atoms with van der Waals surface area (Å²) in [5.41, 5.74) is 1.14. The minimum atomic E-state index is 0.135. The topological polar surface area (TPSA) is 43.2 Å². The van der Waals surface area contributed by atoms with Crippen LogP contribution in [0.3, 0.4) is 0 Å². The quantitative estimate of drug-likeness (QED) is 0.744. The molecule has 25 heavy (non-hydrogen) atoms. The zero-order valence-electron chi connectivity index (χ0n) is 15.7. The molecule has 0 saturated carbocycles. The van der Waals surface area contributed by atoms with Crippen molar-refractivity contribution in [2.24, 2.45) is 5.92 Å². The Bertz CT molecular complexity index is 590. The minimum Gasteiger partial charge on any atom is -0.496 e. The van der Waals surface area contributed by atoms with Crippen molar-refractivity contribution in [3.63, 3.8) is 0 Å². The highest BCUT2D eigenvalue weighted by Crippen LogP contribution is 2.32. The second-order valence-corrected chi connectivity index (χ2v) is 7.38. The number of likely N-dealkylation sites (tertiary alicyclic amines) is 1. The lowest BCUT2D eigenvalue weighted by atomic mass is 9.96. The molecule has 0 radical (unpaired) electrons. The fourth-order valence-electron chi connectivity index (χ4n) is 3.65. The van der Waals surface area contributed by atoms with Crippen LogP contribution in [0.2, 0.25) is 0 Å². The number of rotatable bonds is 7. The molecular weight excluding hydrogens is 384 g/mol. The van der Waals surface area contributed by atoms with E-state index in [4.69, 9.17) is 9.47 Å². The third-order valence-corrected chi connectivity index (χ3v) is 5.66. The van der Waals surface area contributed by atoms with Crippen molar-refractivity contribution in [1.82, 2.24) is 4.90 Å². The van der Waals surface area contributed by atoms with E-state index in [-0.39, 0.29) is 5.92 Å². The highest BCUT2D eigenvalue weighted by molar-refractivity contribution is 9.10. The van der Waals surface area contributed by atoms with Crippen LogP contribution in [0.4, 0.5) is 0 Å². The van der Waals surface area contributed by atoms with Crippen LogP contribution in [0.25, 0.3) is 0 Å². The average Bonchev–Trinajstić information content (AvgIpc) is 2.63. The van der Waals surface area contributed by atoms with E-state index in [1.165, 1.54) is 4.90 Å². The van der Waals surface area contributed by atoms with Crippen molar-refractivity contribution in [3.8, 4) is 11.5 Å². The molecular formula is C19H30BrN2O3+. The lowest BCUT2D eigenvalue weighted by molar-refractivity contribution is -0.921. The van der Waals surface area contributed by atoms with E-state index < -0.39 is 0 Å². The molecule has 5 nitrogen and oxygen atoms in total. The molecule has 1 amide bonds. The van der Waals surface area contributed by atoms with Crippen LogP contribution in [0, 0.1) is 5.92 Å². The van der Waals surface area contributed by atoms with Crippen molar-refractivity contribution in [1.29, 1.82) is 0 Å². The van der Waals surface area contributed by atoms with Gasteiger partial charge in [-0.05, 0) is 48.7 Å². The zero-order chi connectivity index (χ0) is 18.4. The van der Waals surface area contributed by atoms with Gasteiger partial charge in [0.05, 0.1) is 37.7 Å². The SMILES string of the molecule is CCN(CC)C(=O)[C@H]1CCC[NH+](Cc2cc(Br)c(OC)cc2OC)C1. The van der Waals surface area contributed by atoms with E-state index >= 15 is 0 Å². The molecule has 1 aliphatic heterocycles. The molecule has 0 aromatic heterocycles. The molecule has 0 bridgehead atoms. The molecule has 1 heterocycles. The molecule has 1 saturated heterocycles. The standard InChI is InChI=1S/C19H29BrN2O3/c1-5-22(6-2)19(23)14-8-7-9-21(12-14)13-15-10-16(20)18(25-4)11-17(15)24-3/h10-11,14H,5-9,12-13H2,1-4H3/p+1/t14-/m0/s1. The van der Waals surface area contributed by atoms with Gasteiger partial charge in [-0.3, -0.25) is 4.79 Å². The highest BCUT2D eigenvalue weighted by Gasteiger charge is 2.31. The van der Waals surface area contributed by atoms with Crippen LogP contribution in [0.15, 0.2) is 16.6 Å². The molecule has 1 aromatic rings. The van der Waals surface area contributed by atoms with Gasteiger partial charge >= 0.3 is 0 Å². The summed E-state index contributed by atoms with van der Waals surface area (Å²) in [6.45, 7) is 8.52. The molecule has 6 heteroatoms. The number of carbonyl (C=O) groups excluding carboxylic acids is 1. The predicted molar refractivity (Wildman–Crippen MR) is 102 cm³/mol. The maximum atomic E-state index is 12.7. The van der Waals surface area contributed by atoms with Crippen molar-refractivity contribution in [2.45, 2.75) is 33.2 Å². The Kier molecular flexibility index (Phi) is 7.56. The maximum Gasteiger partial charge on any atom is 0.231 e. The fourth-order valence-corrected chi connectivity index (χ4v) is 4.20. The largest absolute Gasteiger partial charge is 0.496 e. The first-order valence-corrected chi connectivity index (χ1v) is 9.86. The monoisotopic (exact) mass is 413 g/mol. The lowest BCUT2D eigenvalue weighted by Gasteiger charge is -2.32. The zero-order valence-corrected chi connectivity index (χ0v) is 17.3. The first-order chi connectivity index (χ1) is 12.0. The summed E-state index contributed by atoms with van der Waals surface area (Å²) in [4.78, 5) is 16.1. The third-order valence-electron chi connectivity index (χ3n) is 5.04. The van der Waals surface area contributed by atoms with Crippen LogP contribution >= 0.6 is 15.9 Å². The number of carbonyl (C=O) groups is 1. The molecule has 1 aliphatic rings. The Hall–Kier alpha value is -1.27. The van der Waals surface area contributed by atoms with E-state index in [2.05, 4.69) is 35.8 Å². The third kappa shape index (κ3) is 4.88. The number of benzene rings is 1. The van der Waals surface area contributed by atoms with Crippen LogP contribution in [-0.2, 0) is 11.3 Å². The van der Waals surface area contributed by atoms with Crippen LogP contribution in [0.1, 0.15) is 32.3 Å². The number of quaternary nitrogens is 1. The Morgan fingerprint density at radius 2 is 1.92 bits per heavy atom. The highest BCUT2D eigenvalue weighted by atomic mass is 79.9. The second kappa shape index (κ2) is 9.43. The number of piperidine rings is 1. The van der Waals surface area contributed by atoms with Crippen molar-refractivity contribution in [3.05, 3.63) is 22.2 Å². The van der Waals surface area contributed by atoms with Crippen molar-refractivity contribution in [2.75, 3.05) is 40.4 Å². The van der Waals surface area contributed by atoms with Crippen molar-refractivity contribution < 1.29 is 19.2 Å². The minimum absolute atomic E-state index is 0.135. The summed E-state index contributed by atoms with van der Waals surface area (Å²) in [7, 11) is 3.34. The molecule has 0 aliphatic carbocycles. The fraction of sp³-hybridized carbons (Fsp3) is 0.632. The number of nitrogens with zero attached hydrogens (tertiary/aromatic N) is 1. The molecule has 0 spiro atoms. The number of hydrogen-bond donors (Lipinski definition) is 1. The number of halogens is 1. The number of ether oxygens (including phenoxy) is 2. The summed E-state index contributed by atoms with van der Waals surface area (Å²) >= 11 is 3.56. The van der Waals surface area contributed by atoms with Gasteiger partial charge in [-0.15, -0.1) is 0 Å². The molecule has 2 rings (SSSR count). The van der Waals surface area contributed by atoms with Crippen LogP contribution in [0.5, 0.6) is 11.5 Å². The van der Waals surface area contributed by atoms with Crippen LogP contribution in [-0.4, -0.2) is 51.2 Å². The Morgan fingerprint density at radius 1 is 1.24 bits per heavy atom. The summed E-state index contributed by atoms with van der Waals surface area (Å²) < 4.78 is 11.8. The maximum absolute atomic E-state index is 12.7. The van der Waals surface area contributed by atoms with Gasteiger partial charge < -0.3 is 19.3 Å². The van der Waals surface area contributed by atoms with Gasteiger partial charge in [-0.1, -0.05) is 0 Å². The average molecular weight is 414 g/mol. The Morgan fingerprint density at radius 3 is 2.52 bits per heavy atom. The molecule has 2 atom stereocenters. The van der Waals surface area contributed by atoms with Gasteiger partial charge in [0.2, 0.25) is 5.91 Å². The van der Waals surface area contributed by atoms with E-state index in [1.807, 2.05) is 11.0 Å². The van der Waals surface area contributed by atoms with Gasteiger partial charge in [0.15, 0.2) is 0 Å². The van der Waals surface area contributed by atoms with Gasteiger partial charge in [-0.2, -0.15) is 0 Å². The number of hydrogen-bond acceptors (Lipinski definition) is 3. The summed E-state index contributed by atoms with van der Waals surface area (Å²) in [5, 5.41) is 0. The van der Waals surface area contributed by atoms with E-state index in [0.717, 1.165) is 67.1 Å².